The van der Waals surface area contributed by atoms with Crippen LogP contribution in [0.4, 0.5) is 0 Å². The van der Waals surface area contributed by atoms with E-state index in [-0.39, 0.29) is 0 Å². The molecular weight excluding hydrogens is 152 g/mol. The minimum Gasteiger partial charge on any atom is -0.496 e. The van der Waals surface area contributed by atoms with Crippen molar-refractivity contribution in [1.82, 2.24) is 0 Å². The molecule has 0 spiro atoms. The maximum Gasteiger partial charge on any atom is 0.137 e. The van der Waals surface area contributed by atoms with Gasteiger partial charge in [-0.05, 0) is 24.6 Å². The SMILES string of the molecule is COc1c(C)ccc2occc12. The molecule has 1 aromatic heterocycles. The molecule has 2 nitrogen and oxygen atoms in total. The first kappa shape index (κ1) is 7.22. The van der Waals surface area contributed by atoms with Gasteiger partial charge in [-0.15, -0.1) is 0 Å². The molecule has 0 bridgehead atoms. The summed E-state index contributed by atoms with van der Waals surface area (Å²) in [6.45, 7) is 2.02. The fraction of sp³-hybridized carbons (Fsp3) is 0.200. The molecular formula is C10H10O2. The second-order valence-corrected chi connectivity index (χ2v) is 2.75. The highest BCUT2D eigenvalue weighted by atomic mass is 16.5. The molecule has 62 valence electrons. The summed E-state index contributed by atoms with van der Waals surface area (Å²) < 4.78 is 10.5. The van der Waals surface area contributed by atoms with Gasteiger partial charge in [0.25, 0.3) is 0 Å². The van der Waals surface area contributed by atoms with E-state index in [0.717, 1.165) is 22.3 Å². The normalized spacial score (nSPS) is 10.5. The minimum absolute atomic E-state index is 0.873. The zero-order valence-electron chi connectivity index (χ0n) is 7.13. The lowest BCUT2D eigenvalue weighted by molar-refractivity contribution is 0.416. The average Bonchev–Trinajstić information content (AvgIpc) is 2.52. The standard InChI is InChI=1S/C10H10O2/c1-7-3-4-9-8(5-6-12-9)10(7)11-2/h3-6H,1-2H3. The van der Waals surface area contributed by atoms with Crippen molar-refractivity contribution >= 4 is 11.0 Å². The van der Waals surface area contributed by atoms with E-state index < -0.39 is 0 Å². The maximum absolute atomic E-state index is 5.26. The molecule has 0 fully saturated rings. The highest BCUT2D eigenvalue weighted by molar-refractivity contribution is 5.85. The van der Waals surface area contributed by atoms with E-state index in [2.05, 4.69) is 0 Å². The van der Waals surface area contributed by atoms with Gasteiger partial charge in [-0.2, -0.15) is 0 Å². The number of benzene rings is 1. The van der Waals surface area contributed by atoms with Gasteiger partial charge in [-0.3, -0.25) is 0 Å². The van der Waals surface area contributed by atoms with E-state index in [0.29, 0.717) is 0 Å². The van der Waals surface area contributed by atoms with Crippen molar-refractivity contribution in [2.75, 3.05) is 7.11 Å². The van der Waals surface area contributed by atoms with Crippen LogP contribution >= 0.6 is 0 Å². The quantitative estimate of drug-likeness (QED) is 0.643. The number of furan rings is 1. The second kappa shape index (κ2) is 2.55. The zero-order valence-corrected chi connectivity index (χ0v) is 7.13. The molecule has 0 N–H and O–H groups in total. The fourth-order valence-corrected chi connectivity index (χ4v) is 1.40. The molecule has 0 aliphatic carbocycles. The number of rotatable bonds is 1. The molecule has 2 heteroatoms. The summed E-state index contributed by atoms with van der Waals surface area (Å²) in [6.07, 6.45) is 1.67. The number of ether oxygens (including phenoxy) is 1. The number of fused-ring (bicyclic) bond motifs is 1. The molecule has 0 saturated carbocycles. The molecule has 1 heterocycles. The summed E-state index contributed by atoms with van der Waals surface area (Å²) in [5.74, 6) is 0.904. The monoisotopic (exact) mass is 162 g/mol. The molecule has 0 radical (unpaired) electrons. The number of methoxy groups -OCH3 is 1. The van der Waals surface area contributed by atoms with E-state index in [9.17, 15) is 0 Å². The zero-order chi connectivity index (χ0) is 8.55. The summed E-state index contributed by atoms with van der Waals surface area (Å²) in [7, 11) is 1.68. The third-order valence-corrected chi connectivity index (χ3v) is 1.99. The van der Waals surface area contributed by atoms with Gasteiger partial charge in [-0.1, -0.05) is 6.07 Å². The number of hydrogen-bond donors (Lipinski definition) is 0. The fourth-order valence-electron chi connectivity index (χ4n) is 1.40. The predicted octanol–water partition coefficient (Wildman–Crippen LogP) is 2.75. The van der Waals surface area contributed by atoms with Crippen LogP contribution in [0.3, 0.4) is 0 Å². The van der Waals surface area contributed by atoms with Crippen LogP contribution in [0.2, 0.25) is 0 Å². The molecule has 2 aromatic rings. The summed E-state index contributed by atoms with van der Waals surface area (Å²) in [5, 5.41) is 1.04. The molecule has 0 aliphatic heterocycles. The second-order valence-electron chi connectivity index (χ2n) is 2.75. The molecule has 0 unspecified atom stereocenters. The van der Waals surface area contributed by atoms with Crippen LogP contribution in [-0.4, -0.2) is 7.11 Å². The van der Waals surface area contributed by atoms with E-state index in [4.69, 9.17) is 9.15 Å². The molecule has 0 saturated heterocycles. The van der Waals surface area contributed by atoms with Crippen molar-refractivity contribution in [2.24, 2.45) is 0 Å². The summed E-state index contributed by atoms with van der Waals surface area (Å²) >= 11 is 0. The van der Waals surface area contributed by atoms with Gasteiger partial charge in [0.2, 0.25) is 0 Å². The van der Waals surface area contributed by atoms with Crippen LogP contribution in [0, 0.1) is 6.92 Å². The first-order valence-corrected chi connectivity index (χ1v) is 3.83. The number of hydrogen-bond acceptors (Lipinski definition) is 2. The van der Waals surface area contributed by atoms with Crippen LogP contribution in [-0.2, 0) is 0 Å². The van der Waals surface area contributed by atoms with E-state index >= 15 is 0 Å². The summed E-state index contributed by atoms with van der Waals surface area (Å²) in [4.78, 5) is 0. The lowest BCUT2D eigenvalue weighted by Crippen LogP contribution is -1.86. The van der Waals surface area contributed by atoms with E-state index in [1.807, 2.05) is 25.1 Å². The topological polar surface area (TPSA) is 22.4 Å². The van der Waals surface area contributed by atoms with Crippen molar-refractivity contribution in [3.8, 4) is 5.75 Å². The first-order valence-electron chi connectivity index (χ1n) is 3.83. The molecule has 2 rings (SSSR count). The third kappa shape index (κ3) is 0.881. The van der Waals surface area contributed by atoms with Gasteiger partial charge in [0.05, 0.1) is 18.8 Å². The highest BCUT2D eigenvalue weighted by Gasteiger charge is 2.05. The third-order valence-electron chi connectivity index (χ3n) is 1.99. The smallest absolute Gasteiger partial charge is 0.137 e. The molecule has 0 amide bonds. The van der Waals surface area contributed by atoms with Gasteiger partial charge in [0.1, 0.15) is 11.3 Å². The van der Waals surface area contributed by atoms with Crippen LogP contribution in [0.5, 0.6) is 5.75 Å². The Balaban J connectivity index is 2.83. The Morgan fingerprint density at radius 3 is 2.83 bits per heavy atom. The van der Waals surface area contributed by atoms with E-state index in [1.165, 1.54) is 0 Å². The maximum atomic E-state index is 5.26. The highest BCUT2D eigenvalue weighted by Crippen LogP contribution is 2.29. The van der Waals surface area contributed by atoms with Crippen LogP contribution < -0.4 is 4.74 Å². The Kier molecular flexibility index (Phi) is 1.54. The van der Waals surface area contributed by atoms with Crippen molar-refractivity contribution in [2.45, 2.75) is 6.92 Å². The Hall–Kier alpha value is -1.44. The predicted molar refractivity (Wildman–Crippen MR) is 47.5 cm³/mol. The van der Waals surface area contributed by atoms with Crippen LogP contribution in [0.1, 0.15) is 5.56 Å². The molecule has 1 aromatic carbocycles. The largest absolute Gasteiger partial charge is 0.496 e. The lowest BCUT2D eigenvalue weighted by atomic mass is 10.1. The van der Waals surface area contributed by atoms with Crippen molar-refractivity contribution < 1.29 is 9.15 Å². The van der Waals surface area contributed by atoms with Gasteiger partial charge in [0, 0.05) is 0 Å². The molecule has 0 atom stereocenters. The van der Waals surface area contributed by atoms with Crippen molar-refractivity contribution in [3.05, 3.63) is 30.0 Å². The van der Waals surface area contributed by atoms with Crippen LogP contribution in [0.15, 0.2) is 28.9 Å². The first-order chi connectivity index (χ1) is 5.83. The average molecular weight is 162 g/mol. The van der Waals surface area contributed by atoms with Crippen LogP contribution in [0.25, 0.3) is 11.0 Å². The van der Waals surface area contributed by atoms with Gasteiger partial charge < -0.3 is 9.15 Å². The Bertz CT molecular complexity index is 401. The van der Waals surface area contributed by atoms with Crippen molar-refractivity contribution in [1.29, 1.82) is 0 Å². The molecule has 0 aliphatic rings. The Morgan fingerprint density at radius 1 is 1.25 bits per heavy atom. The van der Waals surface area contributed by atoms with E-state index in [1.54, 1.807) is 13.4 Å². The number of aryl methyl sites for hydroxylation is 1. The van der Waals surface area contributed by atoms with Crippen molar-refractivity contribution in [3.63, 3.8) is 0 Å². The minimum atomic E-state index is 0.873. The molecule has 12 heavy (non-hydrogen) atoms. The Morgan fingerprint density at radius 2 is 2.08 bits per heavy atom. The van der Waals surface area contributed by atoms with Gasteiger partial charge >= 0.3 is 0 Å². The van der Waals surface area contributed by atoms with Gasteiger partial charge in [-0.25, -0.2) is 0 Å². The van der Waals surface area contributed by atoms with Gasteiger partial charge in [0.15, 0.2) is 0 Å². The summed E-state index contributed by atoms with van der Waals surface area (Å²) in [5.41, 5.74) is 2.00. The Labute approximate surface area is 70.8 Å². The summed E-state index contributed by atoms with van der Waals surface area (Å²) in [6, 6.07) is 5.86. The lowest BCUT2D eigenvalue weighted by Gasteiger charge is -2.03.